The number of amides is 2. The van der Waals surface area contributed by atoms with Gasteiger partial charge in [-0.1, -0.05) is 6.07 Å². The Labute approximate surface area is 101 Å². The monoisotopic (exact) mass is 234 g/mol. The van der Waals surface area contributed by atoms with Crippen LogP contribution in [-0.2, 0) is 6.54 Å². The van der Waals surface area contributed by atoms with Gasteiger partial charge in [0.15, 0.2) is 0 Å². The van der Waals surface area contributed by atoms with Crippen molar-refractivity contribution in [2.24, 2.45) is 0 Å². The molecule has 0 unspecified atom stereocenters. The molecule has 2 rings (SSSR count). The molecule has 1 aromatic rings. The van der Waals surface area contributed by atoms with Gasteiger partial charge in [-0.3, -0.25) is 4.98 Å². The van der Waals surface area contributed by atoms with Crippen molar-refractivity contribution in [1.82, 2.24) is 20.5 Å². The fourth-order valence-electron chi connectivity index (χ4n) is 1.85. The van der Waals surface area contributed by atoms with Crippen LogP contribution in [0.2, 0.25) is 0 Å². The second-order valence-corrected chi connectivity index (χ2v) is 4.11. The first-order valence-corrected chi connectivity index (χ1v) is 5.98. The van der Waals surface area contributed by atoms with Crippen molar-refractivity contribution in [2.45, 2.75) is 13.0 Å². The van der Waals surface area contributed by atoms with Crippen LogP contribution in [0.5, 0.6) is 0 Å². The lowest BCUT2D eigenvalue weighted by Gasteiger charge is -2.13. The maximum absolute atomic E-state index is 11.2. The molecule has 0 radical (unpaired) electrons. The van der Waals surface area contributed by atoms with Gasteiger partial charge in [0.05, 0.1) is 0 Å². The van der Waals surface area contributed by atoms with E-state index in [1.165, 1.54) is 5.56 Å². The molecule has 0 bridgehead atoms. The van der Waals surface area contributed by atoms with Gasteiger partial charge in [0.25, 0.3) is 0 Å². The van der Waals surface area contributed by atoms with Crippen LogP contribution in [0.25, 0.3) is 0 Å². The number of nitrogens with zero attached hydrogens (tertiary/aromatic N) is 2. The normalized spacial score (nSPS) is 15.1. The maximum atomic E-state index is 11.2. The van der Waals surface area contributed by atoms with Gasteiger partial charge in [0.2, 0.25) is 0 Å². The third-order valence-corrected chi connectivity index (χ3v) is 2.78. The molecule has 1 aromatic heterocycles. The van der Waals surface area contributed by atoms with Crippen molar-refractivity contribution in [2.75, 3.05) is 26.2 Å². The first kappa shape index (κ1) is 11.9. The molecule has 1 aliphatic rings. The Morgan fingerprint density at radius 2 is 2.47 bits per heavy atom. The molecule has 0 saturated carbocycles. The molecule has 2 amide bonds. The second kappa shape index (κ2) is 6.20. The predicted octanol–water partition coefficient (Wildman–Crippen LogP) is 0.586. The zero-order chi connectivity index (χ0) is 11.9. The van der Waals surface area contributed by atoms with Gasteiger partial charge >= 0.3 is 6.03 Å². The molecule has 2 N–H and O–H groups in total. The maximum Gasteiger partial charge on any atom is 0.317 e. The van der Waals surface area contributed by atoms with E-state index in [0.717, 1.165) is 39.1 Å². The molecular weight excluding hydrogens is 216 g/mol. The highest BCUT2D eigenvalue weighted by molar-refractivity contribution is 5.76. The Morgan fingerprint density at radius 1 is 1.53 bits per heavy atom. The van der Waals surface area contributed by atoms with Crippen molar-refractivity contribution >= 4 is 6.03 Å². The molecule has 2 heterocycles. The van der Waals surface area contributed by atoms with E-state index >= 15 is 0 Å². The number of urea groups is 1. The number of rotatable bonds is 6. The topological polar surface area (TPSA) is 57.3 Å². The zero-order valence-electron chi connectivity index (χ0n) is 9.85. The third-order valence-electron chi connectivity index (χ3n) is 2.78. The van der Waals surface area contributed by atoms with Gasteiger partial charge in [0.1, 0.15) is 0 Å². The average Bonchev–Trinajstić information content (AvgIpc) is 2.76. The number of hydrogen-bond donors (Lipinski definition) is 2. The number of pyridine rings is 1. The Morgan fingerprint density at radius 3 is 3.18 bits per heavy atom. The van der Waals surface area contributed by atoms with Crippen LogP contribution in [-0.4, -0.2) is 42.1 Å². The molecule has 92 valence electrons. The summed E-state index contributed by atoms with van der Waals surface area (Å²) in [6.07, 6.45) is 4.62. The van der Waals surface area contributed by atoms with Gasteiger partial charge in [0, 0.05) is 38.6 Å². The molecule has 1 aliphatic heterocycles. The fraction of sp³-hybridized carbons (Fsp3) is 0.500. The van der Waals surface area contributed by atoms with Gasteiger partial charge in [-0.05, 0) is 24.6 Å². The highest BCUT2D eigenvalue weighted by Crippen LogP contribution is 1.98. The van der Waals surface area contributed by atoms with Crippen LogP contribution in [0.1, 0.15) is 12.0 Å². The standard InChI is InChI=1S/C12H18N4O/c17-12-15-6-8-16(12)7-2-5-14-10-11-3-1-4-13-9-11/h1,3-4,9,14H,2,5-8,10H2,(H,15,17). The molecule has 0 aromatic carbocycles. The van der Waals surface area contributed by atoms with E-state index in [-0.39, 0.29) is 6.03 Å². The second-order valence-electron chi connectivity index (χ2n) is 4.11. The Kier molecular flexibility index (Phi) is 4.32. The molecule has 5 heteroatoms. The molecule has 0 aliphatic carbocycles. The molecule has 1 saturated heterocycles. The first-order valence-electron chi connectivity index (χ1n) is 5.98. The lowest BCUT2D eigenvalue weighted by atomic mass is 10.3. The minimum absolute atomic E-state index is 0.0669. The summed E-state index contributed by atoms with van der Waals surface area (Å²) in [5, 5.41) is 6.14. The van der Waals surface area contributed by atoms with E-state index in [2.05, 4.69) is 15.6 Å². The predicted molar refractivity (Wildman–Crippen MR) is 65.5 cm³/mol. The van der Waals surface area contributed by atoms with Gasteiger partial charge in [-0.25, -0.2) is 4.79 Å². The lowest BCUT2D eigenvalue weighted by molar-refractivity contribution is 0.217. The quantitative estimate of drug-likeness (QED) is 0.708. The molecule has 0 spiro atoms. The van der Waals surface area contributed by atoms with Crippen molar-refractivity contribution in [1.29, 1.82) is 0 Å². The molecule has 17 heavy (non-hydrogen) atoms. The van der Waals surface area contributed by atoms with E-state index in [4.69, 9.17) is 0 Å². The average molecular weight is 234 g/mol. The summed E-state index contributed by atoms with van der Waals surface area (Å²) in [6, 6.07) is 4.05. The summed E-state index contributed by atoms with van der Waals surface area (Å²) in [5.74, 6) is 0. The molecule has 1 fully saturated rings. The van der Waals surface area contributed by atoms with Crippen LogP contribution in [0.15, 0.2) is 24.5 Å². The minimum Gasteiger partial charge on any atom is -0.336 e. The molecule has 0 atom stereocenters. The summed E-state index contributed by atoms with van der Waals surface area (Å²) in [4.78, 5) is 17.2. The summed E-state index contributed by atoms with van der Waals surface area (Å²) in [7, 11) is 0. The summed E-state index contributed by atoms with van der Waals surface area (Å²) < 4.78 is 0. The van der Waals surface area contributed by atoms with Crippen LogP contribution in [0.3, 0.4) is 0 Å². The lowest BCUT2D eigenvalue weighted by Crippen LogP contribution is -2.30. The largest absolute Gasteiger partial charge is 0.336 e. The number of carbonyl (C=O) groups is 1. The van der Waals surface area contributed by atoms with E-state index in [0.29, 0.717) is 0 Å². The first-order chi connectivity index (χ1) is 8.36. The zero-order valence-corrected chi connectivity index (χ0v) is 9.85. The smallest absolute Gasteiger partial charge is 0.317 e. The van der Waals surface area contributed by atoms with E-state index < -0.39 is 0 Å². The van der Waals surface area contributed by atoms with E-state index in [1.807, 2.05) is 23.2 Å². The summed E-state index contributed by atoms with van der Waals surface area (Å²) in [6.45, 7) is 4.19. The minimum atomic E-state index is 0.0669. The summed E-state index contributed by atoms with van der Waals surface area (Å²) >= 11 is 0. The third kappa shape index (κ3) is 3.71. The van der Waals surface area contributed by atoms with Crippen LogP contribution >= 0.6 is 0 Å². The fourth-order valence-corrected chi connectivity index (χ4v) is 1.85. The SMILES string of the molecule is O=C1NCCN1CCCNCc1cccnc1. The Hall–Kier alpha value is -1.62. The van der Waals surface area contributed by atoms with Gasteiger partial charge < -0.3 is 15.5 Å². The van der Waals surface area contributed by atoms with Gasteiger partial charge in [-0.15, -0.1) is 0 Å². The van der Waals surface area contributed by atoms with Crippen molar-refractivity contribution < 1.29 is 4.79 Å². The Balaban J connectivity index is 1.56. The molecular formula is C12H18N4O. The Bertz CT molecular complexity index is 355. The van der Waals surface area contributed by atoms with E-state index in [1.54, 1.807) is 6.20 Å². The van der Waals surface area contributed by atoms with Crippen molar-refractivity contribution in [3.05, 3.63) is 30.1 Å². The van der Waals surface area contributed by atoms with Crippen LogP contribution < -0.4 is 10.6 Å². The highest BCUT2D eigenvalue weighted by atomic mass is 16.2. The van der Waals surface area contributed by atoms with Crippen molar-refractivity contribution in [3.8, 4) is 0 Å². The summed E-state index contributed by atoms with van der Waals surface area (Å²) in [5.41, 5.74) is 1.19. The van der Waals surface area contributed by atoms with Crippen molar-refractivity contribution in [3.63, 3.8) is 0 Å². The molecule has 5 nitrogen and oxygen atoms in total. The van der Waals surface area contributed by atoms with Crippen LogP contribution in [0, 0.1) is 0 Å². The number of aromatic nitrogens is 1. The number of nitrogens with one attached hydrogen (secondary N) is 2. The number of carbonyl (C=O) groups excluding carboxylic acids is 1. The van der Waals surface area contributed by atoms with Gasteiger partial charge in [-0.2, -0.15) is 0 Å². The van der Waals surface area contributed by atoms with Crippen LogP contribution in [0.4, 0.5) is 4.79 Å². The van der Waals surface area contributed by atoms with E-state index in [9.17, 15) is 4.79 Å². The highest BCUT2D eigenvalue weighted by Gasteiger charge is 2.17. The number of hydrogen-bond acceptors (Lipinski definition) is 3.